The van der Waals surface area contributed by atoms with Gasteiger partial charge in [0.2, 0.25) is 0 Å². The second kappa shape index (κ2) is 5.11. The molecule has 2 atom stereocenters. The summed E-state index contributed by atoms with van der Waals surface area (Å²) in [4.78, 5) is 4.44. The van der Waals surface area contributed by atoms with E-state index in [1.54, 1.807) is 0 Å². The molecule has 14 heavy (non-hydrogen) atoms. The molecular formula is C12H20N2. The maximum atomic E-state index is 4.44. The molecule has 0 bridgehead atoms. The molecule has 0 aliphatic heterocycles. The predicted molar refractivity (Wildman–Crippen MR) is 60.5 cm³/mol. The van der Waals surface area contributed by atoms with Crippen LogP contribution in [0.3, 0.4) is 0 Å². The summed E-state index contributed by atoms with van der Waals surface area (Å²) in [5.41, 5.74) is 2.49. The van der Waals surface area contributed by atoms with Crippen LogP contribution >= 0.6 is 0 Å². The fourth-order valence-electron chi connectivity index (χ4n) is 1.71. The van der Waals surface area contributed by atoms with E-state index in [1.165, 1.54) is 11.3 Å². The number of likely N-dealkylation sites (N-methyl/N-ethyl adjacent to an activating group) is 1. The van der Waals surface area contributed by atoms with Crippen LogP contribution in [0.25, 0.3) is 0 Å². The van der Waals surface area contributed by atoms with E-state index in [0.29, 0.717) is 12.0 Å². The van der Waals surface area contributed by atoms with Gasteiger partial charge in [-0.25, -0.2) is 0 Å². The minimum atomic E-state index is 0.469. The maximum absolute atomic E-state index is 4.44. The van der Waals surface area contributed by atoms with Gasteiger partial charge in [-0.1, -0.05) is 19.9 Å². The van der Waals surface area contributed by atoms with Gasteiger partial charge >= 0.3 is 0 Å². The normalized spacial score (nSPS) is 15.1. The molecule has 0 saturated carbocycles. The van der Waals surface area contributed by atoms with Crippen molar-refractivity contribution in [2.24, 2.45) is 0 Å². The van der Waals surface area contributed by atoms with Crippen molar-refractivity contribution in [3.8, 4) is 0 Å². The highest BCUT2D eigenvalue weighted by Gasteiger charge is 2.15. The van der Waals surface area contributed by atoms with Gasteiger partial charge in [-0.2, -0.15) is 0 Å². The number of pyridine rings is 1. The molecule has 0 spiro atoms. The van der Waals surface area contributed by atoms with E-state index >= 15 is 0 Å². The van der Waals surface area contributed by atoms with Gasteiger partial charge in [0.05, 0.1) is 0 Å². The van der Waals surface area contributed by atoms with Gasteiger partial charge in [0.25, 0.3) is 0 Å². The molecule has 0 radical (unpaired) electrons. The Kier molecular flexibility index (Phi) is 4.08. The summed E-state index contributed by atoms with van der Waals surface area (Å²) in [6, 6.07) is 4.59. The molecule has 2 heteroatoms. The summed E-state index contributed by atoms with van der Waals surface area (Å²) in [5, 5.41) is 3.43. The van der Waals surface area contributed by atoms with Crippen LogP contribution in [0.15, 0.2) is 18.3 Å². The van der Waals surface area contributed by atoms with Crippen LogP contribution in [-0.4, -0.2) is 17.6 Å². The molecule has 0 saturated heterocycles. The van der Waals surface area contributed by atoms with E-state index in [1.807, 2.05) is 12.3 Å². The Morgan fingerprint density at radius 1 is 1.43 bits per heavy atom. The lowest BCUT2D eigenvalue weighted by molar-refractivity contribution is 0.486. The highest BCUT2D eigenvalue weighted by Crippen LogP contribution is 2.19. The van der Waals surface area contributed by atoms with Crippen LogP contribution in [0.5, 0.6) is 0 Å². The van der Waals surface area contributed by atoms with E-state index in [9.17, 15) is 0 Å². The molecular weight excluding hydrogens is 172 g/mol. The largest absolute Gasteiger partial charge is 0.314 e. The molecule has 0 fully saturated rings. The van der Waals surface area contributed by atoms with Gasteiger partial charge < -0.3 is 5.32 Å². The van der Waals surface area contributed by atoms with Crippen molar-refractivity contribution in [1.82, 2.24) is 10.3 Å². The third kappa shape index (κ3) is 2.55. The molecule has 0 amide bonds. The number of rotatable bonds is 4. The molecule has 1 N–H and O–H groups in total. The fourth-order valence-corrected chi connectivity index (χ4v) is 1.71. The van der Waals surface area contributed by atoms with Crippen LogP contribution in [0.2, 0.25) is 0 Å². The number of hydrogen-bond acceptors (Lipinski definition) is 2. The Balaban J connectivity index is 2.78. The first-order valence-corrected chi connectivity index (χ1v) is 5.31. The van der Waals surface area contributed by atoms with Crippen molar-refractivity contribution in [1.29, 1.82) is 0 Å². The summed E-state index contributed by atoms with van der Waals surface area (Å²) in [7, 11) is 0. The van der Waals surface area contributed by atoms with Crippen LogP contribution in [0.1, 0.15) is 37.9 Å². The molecule has 1 heterocycles. The minimum Gasteiger partial charge on any atom is -0.314 e. The summed E-state index contributed by atoms with van der Waals surface area (Å²) in [6.45, 7) is 9.70. The highest BCUT2D eigenvalue weighted by molar-refractivity contribution is 5.22. The highest BCUT2D eigenvalue weighted by atomic mass is 14.9. The number of aromatic nitrogens is 1. The van der Waals surface area contributed by atoms with Gasteiger partial charge in [-0.15, -0.1) is 0 Å². The van der Waals surface area contributed by atoms with Crippen molar-refractivity contribution < 1.29 is 0 Å². The first-order valence-electron chi connectivity index (χ1n) is 5.31. The topological polar surface area (TPSA) is 24.9 Å². The molecule has 1 aromatic rings. The molecule has 1 rings (SSSR count). The Bertz CT molecular complexity index is 283. The van der Waals surface area contributed by atoms with E-state index in [2.05, 4.69) is 44.1 Å². The van der Waals surface area contributed by atoms with Crippen molar-refractivity contribution in [2.75, 3.05) is 6.54 Å². The second-order valence-electron chi connectivity index (χ2n) is 3.84. The third-order valence-electron chi connectivity index (χ3n) is 2.76. The van der Waals surface area contributed by atoms with Gasteiger partial charge in [-0.3, -0.25) is 4.98 Å². The van der Waals surface area contributed by atoms with Crippen LogP contribution in [-0.2, 0) is 0 Å². The summed E-state index contributed by atoms with van der Waals surface area (Å²) in [5.74, 6) is 0.469. The summed E-state index contributed by atoms with van der Waals surface area (Å²) in [6.07, 6.45) is 1.87. The number of nitrogens with zero attached hydrogens (tertiary/aromatic N) is 1. The fraction of sp³-hybridized carbons (Fsp3) is 0.583. The zero-order chi connectivity index (χ0) is 10.6. The molecule has 1 aromatic heterocycles. The molecule has 0 aromatic carbocycles. The van der Waals surface area contributed by atoms with Gasteiger partial charge in [0.1, 0.15) is 0 Å². The van der Waals surface area contributed by atoms with Crippen LogP contribution < -0.4 is 5.32 Å². The zero-order valence-electron chi connectivity index (χ0n) is 9.54. The van der Waals surface area contributed by atoms with Crippen molar-refractivity contribution >= 4 is 0 Å². The maximum Gasteiger partial charge on any atom is 0.0476 e. The quantitative estimate of drug-likeness (QED) is 0.792. The standard InChI is InChI=1S/C12H20N2/c1-5-13-11(4)10(3)12-9(2)7-6-8-14-12/h6-8,10-11,13H,5H2,1-4H3. The van der Waals surface area contributed by atoms with Crippen molar-refractivity contribution in [2.45, 2.75) is 39.7 Å². The summed E-state index contributed by atoms with van der Waals surface area (Å²) >= 11 is 0. The van der Waals surface area contributed by atoms with Gasteiger partial charge in [0.15, 0.2) is 0 Å². The Morgan fingerprint density at radius 3 is 2.71 bits per heavy atom. The lowest BCUT2D eigenvalue weighted by Gasteiger charge is -2.21. The van der Waals surface area contributed by atoms with Crippen molar-refractivity contribution in [3.63, 3.8) is 0 Å². The number of aryl methyl sites for hydroxylation is 1. The molecule has 2 nitrogen and oxygen atoms in total. The van der Waals surface area contributed by atoms with Crippen molar-refractivity contribution in [3.05, 3.63) is 29.6 Å². The Morgan fingerprint density at radius 2 is 2.14 bits per heavy atom. The van der Waals surface area contributed by atoms with Crippen LogP contribution in [0.4, 0.5) is 0 Å². The van der Waals surface area contributed by atoms with E-state index < -0.39 is 0 Å². The average Bonchev–Trinajstić information content (AvgIpc) is 2.18. The first-order chi connectivity index (χ1) is 6.66. The molecule has 0 aliphatic carbocycles. The minimum absolute atomic E-state index is 0.469. The van der Waals surface area contributed by atoms with E-state index in [4.69, 9.17) is 0 Å². The Labute approximate surface area is 86.8 Å². The third-order valence-corrected chi connectivity index (χ3v) is 2.76. The first kappa shape index (κ1) is 11.2. The van der Waals surface area contributed by atoms with E-state index in [0.717, 1.165) is 6.54 Å². The lowest BCUT2D eigenvalue weighted by atomic mass is 9.96. The van der Waals surface area contributed by atoms with E-state index in [-0.39, 0.29) is 0 Å². The smallest absolute Gasteiger partial charge is 0.0476 e. The monoisotopic (exact) mass is 192 g/mol. The van der Waals surface area contributed by atoms with Crippen LogP contribution in [0, 0.1) is 6.92 Å². The van der Waals surface area contributed by atoms with Gasteiger partial charge in [-0.05, 0) is 32.0 Å². The second-order valence-corrected chi connectivity index (χ2v) is 3.84. The Hall–Kier alpha value is -0.890. The molecule has 2 unspecified atom stereocenters. The molecule has 78 valence electrons. The average molecular weight is 192 g/mol. The number of nitrogens with one attached hydrogen (secondary N) is 1. The number of hydrogen-bond donors (Lipinski definition) is 1. The summed E-state index contributed by atoms with van der Waals surface area (Å²) < 4.78 is 0. The van der Waals surface area contributed by atoms with Gasteiger partial charge in [0, 0.05) is 23.9 Å². The predicted octanol–water partition coefficient (Wildman–Crippen LogP) is 2.49. The molecule has 0 aliphatic rings. The lowest BCUT2D eigenvalue weighted by Crippen LogP contribution is -2.31. The zero-order valence-corrected chi connectivity index (χ0v) is 9.54. The SMILES string of the molecule is CCNC(C)C(C)c1ncccc1C.